The van der Waals surface area contributed by atoms with Gasteiger partial charge in [0, 0.05) is 11.7 Å². The largest absolute Gasteiger partial charge is 0.465 e. The summed E-state index contributed by atoms with van der Waals surface area (Å²) < 4.78 is 4.98. The number of hydrogen-bond acceptors (Lipinski definition) is 5. The number of rotatable bonds is 5. The highest BCUT2D eigenvalue weighted by Gasteiger charge is 2.33. The third-order valence-corrected chi connectivity index (χ3v) is 3.00. The van der Waals surface area contributed by atoms with Crippen LogP contribution in [0.5, 0.6) is 0 Å². The van der Waals surface area contributed by atoms with Gasteiger partial charge in [-0.1, -0.05) is 0 Å². The molecule has 2 rings (SSSR count). The van der Waals surface area contributed by atoms with Crippen LogP contribution in [0.4, 0.5) is 5.82 Å². The van der Waals surface area contributed by atoms with Gasteiger partial charge in [0.25, 0.3) is 0 Å². The average Bonchev–Trinajstić information content (AvgIpc) is 3.20. The van der Waals surface area contributed by atoms with Gasteiger partial charge in [-0.25, -0.2) is 4.98 Å². The fraction of sp³-hybridized carbons (Fsp3) is 0.500. The normalized spacial score (nSPS) is 13.7. The quantitative estimate of drug-likeness (QED) is 0.754. The van der Waals surface area contributed by atoms with Crippen LogP contribution in [-0.2, 0) is 9.53 Å². The summed E-state index contributed by atoms with van der Waals surface area (Å²) in [7, 11) is 0. The second-order valence-electron chi connectivity index (χ2n) is 4.60. The van der Waals surface area contributed by atoms with Crippen molar-refractivity contribution in [1.29, 1.82) is 5.26 Å². The zero-order valence-electron chi connectivity index (χ0n) is 11.2. The van der Waals surface area contributed by atoms with Gasteiger partial charge in [0.15, 0.2) is 0 Å². The number of aromatic nitrogens is 1. The van der Waals surface area contributed by atoms with Crippen molar-refractivity contribution in [2.24, 2.45) is 0 Å². The number of carbonyl (C=O) groups is 1. The molecule has 0 radical (unpaired) electrons. The molecule has 0 bridgehead atoms. The third-order valence-electron chi connectivity index (χ3n) is 3.00. The Hall–Kier alpha value is -2.09. The summed E-state index contributed by atoms with van der Waals surface area (Å²) in [5.74, 6) is 0.319. The smallest absolute Gasteiger partial charge is 0.325 e. The molecule has 1 heterocycles. The monoisotopic (exact) mass is 259 g/mol. The fourth-order valence-corrected chi connectivity index (χ4v) is 1.96. The number of anilines is 1. The molecule has 5 heteroatoms. The molecule has 0 aromatic carbocycles. The van der Waals surface area contributed by atoms with E-state index in [2.05, 4.69) is 11.1 Å². The summed E-state index contributed by atoms with van der Waals surface area (Å²) in [6, 6.07) is 5.98. The molecule has 5 nitrogen and oxygen atoms in total. The van der Waals surface area contributed by atoms with Gasteiger partial charge in [0.2, 0.25) is 0 Å². The van der Waals surface area contributed by atoms with Gasteiger partial charge in [0.1, 0.15) is 18.4 Å². The molecule has 0 saturated heterocycles. The molecule has 100 valence electrons. The minimum atomic E-state index is -0.276. The third kappa shape index (κ3) is 3.22. The Morgan fingerprint density at radius 1 is 1.58 bits per heavy atom. The highest BCUT2D eigenvalue weighted by atomic mass is 16.5. The lowest BCUT2D eigenvalue weighted by atomic mass is 10.2. The summed E-state index contributed by atoms with van der Waals surface area (Å²) in [5, 5.41) is 9.17. The summed E-state index contributed by atoms with van der Waals surface area (Å²) >= 11 is 0. The minimum Gasteiger partial charge on any atom is -0.465 e. The Balaban J connectivity index is 2.26. The number of esters is 1. The van der Waals surface area contributed by atoms with Crippen molar-refractivity contribution < 1.29 is 9.53 Å². The molecule has 0 N–H and O–H groups in total. The van der Waals surface area contributed by atoms with Crippen LogP contribution in [0.3, 0.4) is 0 Å². The van der Waals surface area contributed by atoms with Crippen molar-refractivity contribution in [3.05, 3.63) is 23.4 Å². The Labute approximate surface area is 112 Å². The van der Waals surface area contributed by atoms with Crippen molar-refractivity contribution in [1.82, 2.24) is 4.98 Å². The molecule has 0 amide bonds. The fourth-order valence-electron chi connectivity index (χ4n) is 1.96. The van der Waals surface area contributed by atoms with Crippen molar-refractivity contribution >= 4 is 11.8 Å². The summed E-state index contributed by atoms with van der Waals surface area (Å²) in [6.45, 7) is 4.18. The van der Waals surface area contributed by atoms with Crippen molar-refractivity contribution in [2.45, 2.75) is 32.7 Å². The van der Waals surface area contributed by atoms with E-state index < -0.39 is 0 Å². The van der Waals surface area contributed by atoms with Crippen molar-refractivity contribution in [3.8, 4) is 6.07 Å². The van der Waals surface area contributed by atoms with Crippen molar-refractivity contribution in [2.75, 3.05) is 18.1 Å². The van der Waals surface area contributed by atoms with Crippen LogP contribution in [0, 0.1) is 18.3 Å². The highest BCUT2D eigenvalue weighted by Crippen LogP contribution is 2.32. The first-order valence-electron chi connectivity index (χ1n) is 6.45. The number of ether oxygens (including phenoxy) is 1. The Morgan fingerprint density at radius 3 is 2.89 bits per heavy atom. The van der Waals surface area contributed by atoms with Crippen LogP contribution in [0.2, 0.25) is 0 Å². The van der Waals surface area contributed by atoms with E-state index in [0.29, 0.717) is 24.0 Å². The molecule has 0 aliphatic heterocycles. The van der Waals surface area contributed by atoms with Crippen LogP contribution >= 0.6 is 0 Å². The number of hydrogen-bond donors (Lipinski definition) is 0. The summed E-state index contributed by atoms with van der Waals surface area (Å²) in [4.78, 5) is 18.0. The van der Waals surface area contributed by atoms with E-state index in [1.807, 2.05) is 11.8 Å². The summed E-state index contributed by atoms with van der Waals surface area (Å²) in [5.41, 5.74) is 1.34. The number of carbonyl (C=O) groups excluding carboxylic acids is 1. The molecule has 19 heavy (non-hydrogen) atoms. The van der Waals surface area contributed by atoms with Gasteiger partial charge in [-0.15, -0.1) is 0 Å². The Bertz CT molecular complexity index is 518. The van der Waals surface area contributed by atoms with Crippen LogP contribution < -0.4 is 4.90 Å². The number of aryl methyl sites for hydroxylation is 1. The molecule has 1 fully saturated rings. The molecular weight excluding hydrogens is 242 g/mol. The molecule has 1 aliphatic rings. The lowest BCUT2D eigenvalue weighted by Gasteiger charge is -2.23. The first-order chi connectivity index (χ1) is 9.15. The highest BCUT2D eigenvalue weighted by molar-refractivity contribution is 5.76. The Kier molecular flexibility index (Phi) is 4.00. The van der Waals surface area contributed by atoms with Crippen LogP contribution in [0.15, 0.2) is 12.1 Å². The molecule has 1 aromatic heterocycles. The SMILES string of the molecule is CCOC(=O)CN(c1nc(C)ccc1C#N)C1CC1. The standard InChI is InChI=1S/C14H17N3O2/c1-3-19-13(18)9-17(12-6-7-12)14-11(8-15)5-4-10(2)16-14/h4-5,12H,3,6-7,9H2,1-2H3. The van der Waals surface area contributed by atoms with Gasteiger partial charge in [-0.2, -0.15) is 5.26 Å². The van der Waals surface area contributed by atoms with E-state index in [4.69, 9.17) is 10.00 Å². The van der Waals surface area contributed by atoms with Crippen LogP contribution in [-0.4, -0.2) is 30.1 Å². The Morgan fingerprint density at radius 2 is 2.32 bits per heavy atom. The van der Waals surface area contributed by atoms with E-state index in [1.165, 1.54) is 0 Å². The van der Waals surface area contributed by atoms with E-state index in [1.54, 1.807) is 19.1 Å². The number of pyridine rings is 1. The predicted molar refractivity (Wildman–Crippen MR) is 70.7 cm³/mol. The molecule has 0 spiro atoms. The maximum Gasteiger partial charge on any atom is 0.325 e. The molecule has 0 atom stereocenters. The second-order valence-corrected chi connectivity index (χ2v) is 4.60. The van der Waals surface area contributed by atoms with E-state index in [9.17, 15) is 4.79 Å². The minimum absolute atomic E-state index is 0.156. The van der Waals surface area contributed by atoms with E-state index in [-0.39, 0.29) is 12.5 Å². The number of nitriles is 1. The zero-order valence-corrected chi connectivity index (χ0v) is 11.2. The lowest BCUT2D eigenvalue weighted by Crippen LogP contribution is -2.34. The summed E-state index contributed by atoms with van der Waals surface area (Å²) in [6.07, 6.45) is 2.06. The van der Waals surface area contributed by atoms with Crippen LogP contribution in [0.25, 0.3) is 0 Å². The maximum atomic E-state index is 11.7. The van der Waals surface area contributed by atoms with Gasteiger partial charge >= 0.3 is 5.97 Å². The van der Waals surface area contributed by atoms with E-state index >= 15 is 0 Å². The molecule has 0 unspecified atom stereocenters. The van der Waals surface area contributed by atoms with Gasteiger partial charge in [-0.3, -0.25) is 4.79 Å². The second kappa shape index (κ2) is 5.70. The molecular formula is C14H17N3O2. The molecule has 1 saturated carbocycles. The first-order valence-corrected chi connectivity index (χ1v) is 6.45. The van der Waals surface area contributed by atoms with E-state index in [0.717, 1.165) is 18.5 Å². The predicted octanol–water partition coefficient (Wildman–Crippen LogP) is 1.79. The first kappa shape index (κ1) is 13.3. The van der Waals surface area contributed by atoms with Gasteiger partial charge < -0.3 is 9.64 Å². The number of nitrogens with zero attached hydrogens (tertiary/aromatic N) is 3. The topological polar surface area (TPSA) is 66.2 Å². The molecule has 1 aromatic rings. The average molecular weight is 259 g/mol. The van der Waals surface area contributed by atoms with Gasteiger partial charge in [0.05, 0.1) is 12.2 Å². The van der Waals surface area contributed by atoms with Gasteiger partial charge in [-0.05, 0) is 38.8 Å². The maximum absolute atomic E-state index is 11.7. The van der Waals surface area contributed by atoms with Crippen LogP contribution in [0.1, 0.15) is 31.0 Å². The lowest BCUT2D eigenvalue weighted by molar-refractivity contribution is -0.141. The molecule has 1 aliphatic carbocycles. The van der Waals surface area contributed by atoms with Crippen molar-refractivity contribution in [3.63, 3.8) is 0 Å². The zero-order chi connectivity index (χ0) is 13.8.